The van der Waals surface area contributed by atoms with Crippen molar-refractivity contribution < 1.29 is 24.5 Å². The van der Waals surface area contributed by atoms with Crippen LogP contribution in [0.1, 0.15) is 0 Å². The van der Waals surface area contributed by atoms with Crippen molar-refractivity contribution in [3.8, 4) is 6.07 Å². The van der Waals surface area contributed by atoms with E-state index >= 15 is 0 Å². The van der Waals surface area contributed by atoms with Gasteiger partial charge in [-0.2, -0.15) is 5.26 Å². The number of allylic oxidation sites excluding steroid dienone is 1. The van der Waals surface area contributed by atoms with Crippen LogP contribution >= 0.6 is 7.37 Å². The molecule has 0 rings (SSSR count). The number of carboxylic acid groups (broad SMARTS) is 1. The summed E-state index contributed by atoms with van der Waals surface area (Å²) in [7, 11) is -3.54. The van der Waals surface area contributed by atoms with Crippen molar-refractivity contribution in [3.63, 3.8) is 0 Å². The standard InChI is InChI=1S/C6H8NO5P/c1-13(11,12)3-4(2-7)5(8)6(9)10/h8H,3H2,1H3,(H,9,10)(H,11,12)/b5-4-. The summed E-state index contributed by atoms with van der Waals surface area (Å²) in [4.78, 5) is 19.0. The third-order valence-electron chi connectivity index (χ3n) is 1.07. The van der Waals surface area contributed by atoms with Gasteiger partial charge in [-0.15, -0.1) is 0 Å². The number of carboxylic acids is 1. The second kappa shape index (κ2) is 4.08. The maximum absolute atomic E-state index is 10.8. The first kappa shape index (κ1) is 11.7. The average molecular weight is 205 g/mol. The van der Waals surface area contributed by atoms with Crippen LogP contribution in [0.15, 0.2) is 11.3 Å². The number of aliphatic carboxylic acids is 1. The van der Waals surface area contributed by atoms with E-state index in [1.165, 1.54) is 6.07 Å². The van der Waals surface area contributed by atoms with Gasteiger partial charge in [0.25, 0.3) is 0 Å². The Hall–Kier alpha value is -1.31. The lowest BCUT2D eigenvalue weighted by Gasteiger charge is -2.03. The molecule has 0 aliphatic rings. The number of hydrogen-bond acceptors (Lipinski definition) is 4. The zero-order chi connectivity index (χ0) is 10.6. The Bertz CT molecular complexity index is 333. The summed E-state index contributed by atoms with van der Waals surface area (Å²) in [5.74, 6) is -2.87. The smallest absolute Gasteiger partial charge is 0.372 e. The summed E-state index contributed by atoms with van der Waals surface area (Å²) in [5, 5.41) is 25.4. The Balaban J connectivity index is 4.95. The lowest BCUT2D eigenvalue weighted by Crippen LogP contribution is -2.05. The molecule has 0 amide bonds. The quantitative estimate of drug-likeness (QED) is 0.264. The van der Waals surface area contributed by atoms with Gasteiger partial charge < -0.3 is 15.1 Å². The van der Waals surface area contributed by atoms with Gasteiger partial charge in [0, 0.05) is 6.66 Å². The van der Waals surface area contributed by atoms with Crippen molar-refractivity contribution in [1.29, 1.82) is 5.26 Å². The highest BCUT2D eigenvalue weighted by Crippen LogP contribution is 2.37. The first-order chi connectivity index (χ1) is 5.78. The maximum atomic E-state index is 10.8. The topological polar surface area (TPSA) is 119 Å². The number of aliphatic hydroxyl groups is 1. The van der Waals surface area contributed by atoms with Gasteiger partial charge in [0.05, 0.1) is 17.8 Å². The van der Waals surface area contributed by atoms with E-state index in [2.05, 4.69) is 0 Å². The number of nitrogens with zero attached hydrogens (tertiary/aromatic N) is 1. The van der Waals surface area contributed by atoms with Gasteiger partial charge in [-0.3, -0.25) is 4.57 Å². The number of aliphatic hydroxyl groups excluding tert-OH is 1. The van der Waals surface area contributed by atoms with Crippen LogP contribution in [0.4, 0.5) is 0 Å². The molecule has 0 bridgehead atoms. The van der Waals surface area contributed by atoms with Crippen molar-refractivity contribution in [3.05, 3.63) is 11.3 Å². The molecule has 0 aromatic rings. The molecule has 0 aliphatic heterocycles. The Morgan fingerprint density at radius 3 is 2.23 bits per heavy atom. The molecule has 0 saturated heterocycles. The zero-order valence-corrected chi connectivity index (χ0v) is 7.65. The molecule has 0 aliphatic carbocycles. The molecule has 0 aromatic carbocycles. The van der Waals surface area contributed by atoms with E-state index in [-0.39, 0.29) is 0 Å². The minimum atomic E-state index is -3.54. The summed E-state index contributed by atoms with van der Waals surface area (Å²) in [5.41, 5.74) is -0.596. The van der Waals surface area contributed by atoms with Gasteiger partial charge in [-0.1, -0.05) is 0 Å². The summed E-state index contributed by atoms with van der Waals surface area (Å²) in [6, 6.07) is 1.36. The fourth-order valence-electron chi connectivity index (χ4n) is 0.586. The number of nitriles is 1. The molecule has 0 heterocycles. The lowest BCUT2D eigenvalue weighted by molar-refractivity contribution is -0.135. The van der Waals surface area contributed by atoms with Crippen molar-refractivity contribution in [2.45, 2.75) is 0 Å². The molecule has 0 spiro atoms. The average Bonchev–Trinajstić information content (AvgIpc) is 1.97. The van der Waals surface area contributed by atoms with Crippen LogP contribution in [-0.4, -0.2) is 33.9 Å². The predicted molar refractivity (Wildman–Crippen MR) is 43.5 cm³/mol. The highest BCUT2D eigenvalue weighted by molar-refractivity contribution is 7.57. The zero-order valence-electron chi connectivity index (χ0n) is 6.76. The SMILES string of the molecule is CP(=O)(O)C/C(C#N)=C(\O)C(=O)O. The van der Waals surface area contributed by atoms with E-state index in [9.17, 15) is 9.36 Å². The predicted octanol–water partition coefficient (Wildman–Crippen LogP) is 0.307. The number of rotatable bonds is 3. The molecule has 7 heteroatoms. The second-order valence-electron chi connectivity index (χ2n) is 2.45. The van der Waals surface area contributed by atoms with Crippen molar-refractivity contribution in [1.82, 2.24) is 0 Å². The fourth-order valence-corrected chi connectivity index (χ4v) is 1.39. The van der Waals surface area contributed by atoms with Gasteiger partial charge >= 0.3 is 5.97 Å². The highest BCUT2D eigenvalue weighted by atomic mass is 31.2. The third kappa shape index (κ3) is 4.31. The molecule has 0 aromatic heterocycles. The molecule has 1 unspecified atom stereocenters. The van der Waals surface area contributed by atoms with Crippen LogP contribution in [-0.2, 0) is 9.36 Å². The van der Waals surface area contributed by atoms with Crippen molar-refractivity contribution in [2.75, 3.05) is 12.8 Å². The van der Waals surface area contributed by atoms with E-state index in [0.717, 1.165) is 6.66 Å². The van der Waals surface area contributed by atoms with Gasteiger partial charge in [0.15, 0.2) is 0 Å². The molecule has 6 nitrogen and oxygen atoms in total. The van der Waals surface area contributed by atoms with E-state index in [0.29, 0.717) is 0 Å². The van der Waals surface area contributed by atoms with Crippen LogP contribution < -0.4 is 0 Å². The molecule has 1 atom stereocenters. The van der Waals surface area contributed by atoms with Gasteiger partial charge in [-0.25, -0.2) is 4.79 Å². The Morgan fingerprint density at radius 1 is 1.54 bits per heavy atom. The summed E-state index contributed by atoms with van der Waals surface area (Å²) in [6.45, 7) is 0.972. The molecule has 0 radical (unpaired) electrons. The van der Waals surface area contributed by atoms with E-state index in [1.807, 2.05) is 0 Å². The molecule has 13 heavy (non-hydrogen) atoms. The Labute approximate surface area is 74.2 Å². The van der Waals surface area contributed by atoms with Gasteiger partial charge in [-0.05, 0) is 0 Å². The second-order valence-corrected chi connectivity index (χ2v) is 4.87. The lowest BCUT2D eigenvalue weighted by atomic mass is 10.3. The largest absolute Gasteiger partial charge is 0.501 e. The molecular formula is C6H8NO5P. The van der Waals surface area contributed by atoms with Crippen LogP contribution in [0, 0.1) is 11.3 Å². The fraction of sp³-hybridized carbons (Fsp3) is 0.333. The molecule has 0 saturated carbocycles. The monoisotopic (exact) mass is 205 g/mol. The van der Waals surface area contributed by atoms with E-state index in [1.54, 1.807) is 0 Å². The van der Waals surface area contributed by atoms with Crippen LogP contribution in [0.2, 0.25) is 0 Å². The summed E-state index contributed by atoms with van der Waals surface area (Å²) in [6.07, 6.45) is -0.637. The van der Waals surface area contributed by atoms with Gasteiger partial charge in [0.1, 0.15) is 0 Å². The van der Waals surface area contributed by atoms with Gasteiger partial charge in [0.2, 0.25) is 13.1 Å². The van der Waals surface area contributed by atoms with E-state index in [4.69, 9.17) is 20.4 Å². The maximum Gasteiger partial charge on any atom is 0.372 e. The molecular weight excluding hydrogens is 197 g/mol. The first-order valence-electron chi connectivity index (χ1n) is 3.12. The molecule has 0 fully saturated rings. The highest BCUT2D eigenvalue weighted by Gasteiger charge is 2.19. The van der Waals surface area contributed by atoms with Crippen molar-refractivity contribution in [2.24, 2.45) is 0 Å². The summed E-state index contributed by atoms with van der Waals surface area (Å²) < 4.78 is 10.8. The van der Waals surface area contributed by atoms with Crippen LogP contribution in [0.3, 0.4) is 0 Å². The third-order valence-corrected chi connectivity index (χ3v) is 1.98. The molecule has 72 valence electrons. The number of carbonyl (C=O) groups is 1. The van der Waals surface area contributed by atoms with E-state index < -0.39 is 30.8 Å². The van der Waals surface area contributed by atoms with Crippen molar-refractivity contribution >= 4 is 13.3 Å². The minimum absolute atomic E-state index is 0.596. The van der Waals surface area contributed by atoms with Crippen LogP contribution in [0.25, 0.3) is 0 Å². The summed E-state index contributed by atoms with van der Waals surface area (Å²) >= 11 is 0. The van der Waals surface area contributed by atoms with Crippen LogP contribution in [0.5, 0.6) is 0 Å². The minimum Gasteiger partial charge on any atom is -0.501 e. The normalized spacial score (nSPS) is 16.7. The Morgan fingerprint density at radius 2 is 2.00 bits per heavy atom. The molecule has 3 N–H and O–H groups in total. The first-order valence-corrected chi connectivity index (χ1v) is 5.42. The number of hydrogen-bond donors (Lipinski definition) is 3. The Kier molecular flexibility index (Phi) is 3.67.